The van der Waals surface area contributed by atoms with Crippen molar-refractivity contribution in [2.24, 2.45) is 5.92 Å². The number of hydrogen-bond acceptors (Lipinski definition) is 3. The van der Waals surface area contributed by atoms with Crippen molar-refractivity contribution >= 4 is 27.8 Å². The summed E-state index contributed by atoms with van der Waals surface area (Å²) in [6, 6.07) is 3.90. The van der Waals surface area contributed by atoms with Crippen LogP contribution in [-0.2, 0) is 9.59 Å². The van der Waals surface area contributed by atoms with Crippen molar-refractivity contribution in [3.8, 4) is 5.75 Å². The largest absolute Gasteiger partial charge is 0.483 e. The number of rotatable bonds is 4. The minimum atomic E-state index is -0.774. The van der Waals surface area contributed by atoms with Crippen LogP contribution >= 0.6 is 15.9 Å². The van der Waals surface area contributed by atoms with Crippen LogP contribution in [0.5, 0.6) is 5.75 Å². The summed E-state index contributed by atoms with van der Waals surface area (Å²) in [5.41, 5.74) is 1.95. The van der Waals surface area contributed by atoms with E-state index < -0.39 is 5.97 Å². The molecule has 1 fully saturated rings. The first kappa shape index (κ1) is 16.8. The third-order valence-corrected chi connectivity index (χ3v) is 4.42. The zero-order valence-electron chi connectivity index (χ0n) is 12.8. The number of halogens is 1. The lowest BCUT2D eigenvalue weighted by Crippen LogP contribution is -2.42. The van der Waals surface area contributed by atoms with Crippen molar-refractivity contribution in [1.29, 1.82) is 0 Å². The van der Waals surface area contributed by atoms with Gasteiger partial charge in [0.2, 0.25) is 0 Å². The average Bonchev–Trinajstić information content (AvgIpc) is 2.46. The molecule has 0 unspecified atom stereocenters. The lowest BCUT2D eigenvalue weighted by atomic mass is 9.97. The molecule has 120 valence electrons. The lowest BCUT2D eigenvalue weighted by Gasteiger charge is -2.30. The number of piperidine rings is 1. The van der Waals surface area contributed by atoms with Gasteiger partial charge in [-0.05, 0) is 49.9 Å². The minimum Gasteiger partial charge on any atom is -0.483 e. The van der Waals surface area contributed by atoms with E-state index in [0.717, 1.165) is 21.3 Å². The van der Waals surface area contributed by atoms with E-state index in [0.29, 0.717) is 25.9 Å². The number of benzene rings is 1. The van der Waals surface area contributed by atoms with Crippen LogP contribution in [0.2, 0.25) is 0 Å². The molecule has 0 atom stereocenters. The Kier molecular flexibility index (Phi) is 5.45. The molecule has 22 heavy (non-hydrogen) atoms. The quantitative estimate of drug-likeness (QED) is 0.885. The Labute approximate surface area is 138 Å². The van der Waals surface area contributed by atoms with E-state index in [1.54, 1.807) is 4.90 Å². The van der Waals surface area contributed by atoms with E-state index >= 15 is 0 Å². The zero-order chi connectivity index (χ0) is 16.3. The Morgan fingerprint density at radius 2 is 1.82 bits per heavy atom. The van der Waals surface area contributed by atoms with Gasteiger partial charge in [0.25, 0.3) is 5.91 Å². The molecule has 1 aliphatic heterocycles. The second-order valence-electron chi connectivity index (χ2n) is 5.65. The minimum absolute atomic E-state index is 0.0128. The van der Waals surface area contributed by atoms with E-state index in [9.17, 15) is 9.59 Å². The summed E-state index contributed by atoms with van der Waals surface area (Å²) in [4.78, 5) is 24.8. The molecule has 1 aromatic rings. The van der Waals surface area contributed by atoms with Crippen molar-refractivity contribution in [3.63, 3.8) is 0 Å². The number of nitrogens with zero attached hydrogens (tertiary/aromatic N) is 1. The number of ether oxygens (including phenoxy) is 1. The number of aliphatic carboxylic acids is 1. The number of likely N-dealkylation sites (tertiary alicyclic amines) is 1. The maximum absolute atomic E-state index is 12.2. The van der Waals surface area contributed by atoms with Gasteiger partial charge < -0.3 is 14.7 Å². The van der Waals surface area contributed by atoms with Crippen LogP contribution in [0.1, 0.15) is 24.0 Å². The van der Waals surface area contributed by atoms with Crippen LogP contribution in [0.15, 0.2) is 16.6 Å². The van der Waals surface area contributed by atoms with Crippen LogP contribution in [-0.4, -0.2) is 41.6 Å². The van der Waals surface area contributed by atoms with Gasteiger partial charge in [0.05, 0.1) is 5.92 Å². The molecule has 1 heterocycles. The van der Waals surface area contributed by atoms with Crippen molar-refractivity contribution < 1.29 is 19.4 Å². The van der Waals surface area contributed by atoms with Gasteiger partial charge in [0, 0.05) is 17.6 Å². The molecule has 1 amide bonds. The molecular weight excluding hydrogens is 350 g/mol. The number of amides is 1. The first-order valence-electron chi connectivity index (χ1n) is 7.28. The molecule has 0 saturated carbocycles. The average molecular weight is 370 g/mol. The summed E-state index contributed by atoms with van der Waals surface area (Å²) < 4.78 is 6.67. The maximum atomic E-state index is 12.2. The molecule has 0 bridgehead atoms. The Hall–Kier alpha value is -1.56. The summed E-state index contributed by atoms with van der Waals surface area (Å²) in [6.45, 7) is 4.84. The van der Waals surface area contributed by atoms with Crippen LogP contribution < -0.4 is 4.74 Å². The Morgan fingerprint density at radius 3 is 2.32 bits per heavy atom. The van der Waals surface area contributed by atoms with Gasteiger partial charge >= 0.3 is 5.97 Å². The van der Waals surface area contributed by atoms with E-state index in [2.05, 4.69) is 15.9 Å². The molecule has 0 aromatic heterocycles. The molecule has 2 rings (SSSR count). The van der Waals surface area contributed by atoms with Gasteiger partial charge in [-0.1, -0.05) is 15.9 Å². The molecule has 1 N–H and O–H groups in total. The number of carbonyl (C=O) groups excluding carboxylic acids is 1. The third-order valence-electron chi connectivity index (χ3n) is 3.96. The highest BCUT2D eigenvalue weighted by molar-refractivity contribution is 9.10. The SMILES string of the molecule is Cc1cc(Br)cc(C)c1OCC(=O)N1CCC(C(=O)O)CC1. The van der Waals surface area contributed by atoms with Crippen LogP contribution in [0.4, 0.5) is 0 Å². The molecule has 1 aromatic carbocycles. The fraction of sp³-hybridized carbons (Fsp3) is 0.500. The number of carboxylic acid groups (broad SMARTS) is 1. The second-order valence-corrected chi connectivity index (χ2v) is 6.57. The topological polar surface area (TPSA) is 66.8 Å². The van der Waals surface area contributed by atoms with Crippen LogP contribution in [0, 0.1) is 19.8 Å². The van der Waals surface area contributed by atoms with E-state index in [-0.39, 0.29) is 18.4 Å². The standard InChI is InChI=1S/C16H20BrNO4/c1-10-7-13(17)8-11(2)15(10)22-9-14(19)18-5-3-12(4-6-18)16(20)21/h7-8,12H,3-6,9H2,1-2H3,(H,20,21). The summed E-state index contributed by atoms with van der Waals surface area (Å²) in [5.74, 6) is -0.465. The summed E-state index contributed by atoms with van der Waals surface area (Å²) in [5, 5.41) is 8.97. The molecule has 0 spiro atoms. The Bertz CT molecular complexity index is 557. The van der Waals surface area contributed by atoms with E-state index in [1.165, 1.54) is 0 Å². The monoisotopic (exact) mass is 369 g/mol. The first-order valence-corrected chi connectivity index (χ1v) is 8.08. The van der Waals surface area contributed by atoms with Gasteiger partial charge in [-0.2, -0.15) is 0 Å². The summed E-state index contributed by atoms with van der Waals surface area (Å²) in [6.07, 6.45) is 1.02. The van der Waals surface area contributed by atoms with E-state index in [4.69, 9.17) is 9.84 Å². The third kappa shape index (κ3) is 4.00. The van der Waals surface area contributed by atoms with Gasteiger partial charge in [-0.3, -0.25) is 9.59 Å². The molecule has 0 aliphatic carbocycles. The molecule has 1 aliphatic rings. The predicted molar refractivity (Wildman–Crippen MR) is 86.1 cm³/mol. The fourth-order valence-electron chi connectivity index (χ4n) is 2.73. The molecule has 6 heteroatoms. The molecule has 1 saturated heterocycles. The number of aryl methyl sites for hydroxylation is 2. The highest BCUT2D eigenvalue weighted by atomic mass is 79.9. The summed E-state index contributed by atoms with van der Waals surface area (Å²) in [7, 11) is 0. The van der Waals surface area contributed by atoms with Crippen molar-refractivity contribution in [2.45, 2.75) is 26.7 Å². The molecular formula is C16H20BrNO4. The fourth-order valence-corrected chi connectivity index (χ4v) is 3.41. The highest BCUT2D eigenvalue weighted by Gasteiger charge is 2.27. The maximum Gasteiger partial charge on any atom is 0.306 e. The van der Waals surface area contributed by atoms with Gasteiger partial charge in [0.15, 0.2) is 6.61 Å². The van der Waals surface area contributed by atoms with Gasteiger partial charge in [-0.25, -0.2) is 0 Å². The van der Waals surface area contributed by atoms with Gasteiger partial charge in [0.1, 0.15) is 5.75 Å². The van der Waals surface area contributed by atoms with Crippen molar-refractivity contribution in [1.82, 2.24) is 4.90 Å². The van der Waals surface area contributed by atoms with E-state index in [1.807, 2.05) is 26.0 Å². The summed E-state index contributed by atoms with van der Waals surface area (Å²) >= 11 is 3.43. The van der Waals surface area contributed by atoms with Crippen molar-refractivity contribution in [2.75, 3.05) is 19.7 Å². The first-order chi connectivity index (χ1) is 10.4. The smallest absolute Gasteiger partial charge is 0.306 e. The predicted octanol–water partition coefficient (Wildman–Crippen LogP) is 2.77. The number of carboxylic acids is 1. The van der Waals surface area contributed by atoms with Crippen molar-refractivity contribution in [3.05, 3.63) is 27.7 Å². The lowest BCUT2D eigenvalue weighted by molar-refractivity contribution is -0.146. The van der Waals surface area contributed by atoms with Crippen LogP contribution in [0.3, 0.4) is 0 Å². The Morgan fingerprint density at radius 1 is 1.27 bits per heavy atom. The normalized spacial score (nSPS) is 15.7. The number of carbonyl (C=O) groups is 2. The molecule has 0 radical (unpaired) electrons. The van der Waals surface area contributed by atoms with Gasteiger partial charge in [-0.15, -0.1) is 0 Å². The molecule has 5 nitrogen and oxygen atoms in total. The van der Waals surface area contributed by atoms with Crippen LogP contribution in [0.25, 0.3) is 0 Å². The second kappa shape index (κ2) is 7.13. The number of hydrogen-bond donors (Lipinski definition) is 1. The zero-order valence-corrected chi connectivity index (χ0v) is 14.4. The Balaban J connectivity index is 1.90. The highest BCUT2D eigenvalue weighted by Crippen LogP contribution is 2.27.